The molecule has 3 aliphatic rings. The molecule has 4 aromatic carbocycles. The molecule has 6 heterocycles. The summed E-state index contributed by atoms with van der Waals surface area (Å²) in [6, 6.07) is 30.9. The fourth-order valence-corrected chi connectivity index (χ4v) is 10.7. The summed E-state index contributed by atoms with van der Waals surface area (Å²) >= 11 is 1.43. The first-order valence-electron chi connectivity index (χ1n) is 23.3. The number of piperidine rings is 2. The molecule has 3 aromatic heterocycles. The number of hydrogen-bond donors (Lipinski definition) is 4. The van der Waals surface area contributed by atoms with E-state index >= 15 is 0 Å². The van der Waals surface area contributed by atoms with Crippen molar-refractivity contribution < 1.29 is 33.8 Å². The van der Waals surface area contributed by atoms with E-state index in [1.54, 1.807) is 11.7 Å². The highest BCUT2D eigenvalue weighted by Gasteiger charge is 2.32. The highest BCUT2D eigenvalue weighted by atomic mass is 32.1. The second kappa shape index (κ2) is 19.6. The first kappa shape index (κ1) is 45.3. The quantitative estimate of drug-likeness (QED) is 0.0621. The molecule has 1 unspecified atom stereocenters. The number of carbonyl (C=O) groups excluding carboxylic acids is 4. The minimum atomic E-state index is -1.09. The van der Waals surface area contributed by atoms with Gasteiger partial charge in [0.25, 0.3) is 5.91 Å². The van der Waals surface area contributed by atoms with Crippen molar-refractivity contribution in [2.24, 2.45) is 7.05 Å². The van der Waals surface area contributed by atoms with E-state index in [2.05, 4.69) is 48.0 Å². The number of aromatic nitrogens is 4. The number of hydrogen-bond acceptors (Lipinski definition) is 12. The van der Waals surface area contributed by atoms with Crippen LogP contribution >= 0.6 is 11.3 Å². The van der Waals surface area contributed by atoms with Crippen molar-refractivity contribution in [3.05, 3.63) is 136 Å². The van der Waals surface area contributed by atoms with Crippen LogP contribution in [0.3, 0.4) is 0 Å². The molecule has 0 bridgehead atoms. The Hall–Kier alpha value is -7.50. The SMILES string of the molecule is Cn1nc(C2CCC(=O)NC2=O)c2ccc(NC(=O)CN3CCC(c4ccc(OCCCc5ccc(N6CCc7cccc(C(=O)Nc8nc9ccccc9s8)c7C6)nc5C(=O)O)cc4)CC3)cc21. The van der Waals surface area contributed by atoms with Crippen molar-refractivity contribution in [3.63, 3.8) is 0 Å². The lowest BCUT2D eigenvalue weighted by atomic mass is 9.89. The summed E-state index contributed by atoms with van der Waals surface area (Å²) in [4.78, 5) is 76.7. The molecule has 0 aliphatic carbocycles. The molecule has 0 radical (unpaired) electrons. The van der Waals surface area contributed by atoms with E-state index < -0.39 is 11.9 Å². The molecule has 0 spiro atoms. The van der Waals surface area contributed by atoms with Crippen molar-refractivity contribution in [1.82, 2.24) is 30.0 Å². The third kappa shape index (κ3) is 9.92. The largest absolute Gasteiger partial charge is 0.494 e. The summed E-state index contributed by atoms with van der Waals surface area (Å²) < 4.78 is 8.78. The molecule has 2 fully saturated rings. The third-order valence-corrected chi connectivity index (χ3v) is 14.4. The van der Waals surface area contributed by atoms with Crippen molar-refractivity contribution in [3.8, 4) is 5.75 Å². The van der Waals surface area contributed by atoms with Gasteiger partial charge in [-0.05, 0) is 134 Å². The van der Waals surface area contributed by atoms with Gasteiger partial charge in [0.15, 0.2) is 10.8 Å². The number of ether oxygens (including phenoxy) is 1. The standard InChI is InChI=1S/C52H51N9O7S/c1-59-42-28-35(14-17-38(42)48(58-59)39-18-20-45(62)56-50(39)65)53-46(63)30-60-24-21-32(22-25-60)31-11-15-36(16-12-31)68-27-5-7-34-13-19-44(55-47(34)51(66)67)61-26-23-33-6-4-8-37(40(33)29-61)49(64)57-52-54-41-9-2-3-10-43(41)69-52/h2-4,6,8-17,19,28,32,39H,5,7,18,20-27,29-30H2,1H3,(H,53,63)(H,66,67)(H,54,57,64)(H,56,62,65). The van der Waals surface area contributed by atoms with Gasteiger partial charge in [-0.1, -0.05) is 53.8 Å². The Labute approximate surface area is 401 Å². The number of rotatable bonds is 14. The van der Waals surface area contributed by atoms with Crippen LogP contribution in [0.15, 0.2) is 97.1 Å². The van der Waals surface area contributed by atoms with Gasteiger partial charge in [-0.3, -0.25) is 39.4 Å². The molecule has 352 valence electrons. The van der Waals surface area contributed by atoms with Gasteiger partial charge in [0.2, 0.25) is 17.7 Å². The van der Waals surface area contributed by atoms with E-state index in [9.17, 15) is 29.1 Å². The Morgan fingerprint density at radius 2 is 1.71 bits per heavy atom. The van der Waals surface area contributed by atoms with E-state index in [0.29, 0.717) is 84.8 Å². The van der Waals surface area contributed by atoms with Crippen LogP contribution < -0.4 is 25.6 Å². The molecular formula is C52H51N9O7S. The molecule has 3 aliphatic heterocycles. The lowest BCUT2D eigenvalue weighted by Gasteiger charge is -2.31. The molecule has 1 atom stereocenters. The van der Waals surface area contributed by atoms with Gasteiger partial charge in [-0.25, -0.2) is 14.8 Å². The van der Waals surface area contributed by atoms with Crippen LogP contribution in [0.4, 0.5) is 16.6 Å². The van der Waals surface area contributed by atoms with Gasteiger partial charge in [0, 0.05) is 43.2 Å². The van der Waals surface area contributed by atoms with E-state index in [1.165, 1.54) is 16.9 Å². The van der Waals surface area contributed by atoms with Crippen LogP contribution in [-0.4, -0.2) is 92.1 Å². The molecule has 0 saturated carbocycles. The second-order valence-electron chi connectivity index (χ2n) is 17.9. The van der Waals surface area contributed by atoms with Gasteiger partial charge >= 0.3 is 5.97 Å². The van der Waals surface area contributed by atoms with Crippen LogP contribution in [0.2, 0.25) is 0 Å². The van der Waals surface area contributed by atoms with Crippen LogP contribution in [0.5, 0.6) is 5.75 Å². The van der Waals surface area contributed by atoms with E-state index in [-0.39, 0.29) is 42.3 Å². The Morgan fingerprint density at radius 1 is 0.884 bits per heavy atom. The molecule has 7 aromatic rings. The summed E-state index contributed by atoms with van der Waals surface area (Å²) in [6.07, 6.45) is 4.31. The Morgan fingerprint density at radius 3 is 2.51 bits per heavy atom. The zero-order valence-corrected chi connectivity index (χ0v) is 38.9. The normalized spacial score (nSPS) is 16.6. The first-order valence-corrected chi connectivity index (χ1v) is 24.2. The smallest absolute Gasteiger partial charge is 0.354 e. The van der Waals surface area contributed by atoms with Crippen molar-refractivity contribution >= 4 is 78.7 Å². The number of nitrogens with one attached hydrogen (secondary N) is 3. The van der Waals surface area contributed by atoms with Gasteiger partial charge in [0.05, 0.1) is 40.5 Å². The number of aromatic carboxylic acids is 1. The predicted molar refractivity (Wildman–Crippen MR) is 263 cm³/mol. The number of thiazole rings is 1. The Kier molecular flexibility index (Phi) is 12.9. The minimum Gasteiger partial charge on any atom is -0.494 e. The molecular weight excluding hydrogens is 895 g/mol. The number of likely N-dealkylation sites (tertiary alicyclic amines) is 1. The number of benzene rings is 4. The zero-order valence-electron chi connectivity index (χ0n) is 38.1. The molecule has 10 rings (SSSR count). The summed E-state index contributed by atoms with van der Waals surface area (Å²) in [5.41, 5.74) is 7.32. The predicted octanol–water partition coefficient (Wildman–Crippen LogP) is 7.44. The van der Waals surface area contributed by atoms with E-state index in [1.807, 2.05) is 89.8 Å². The number of carboxylic acid groups (broad SMARTS) is 1. The molecule has 4 N–H and O–H groups in total. The monoisotopic (exact) mass is 945 g/mol. The maximum atomic E-state index is 13.5. The van der Waals surface area contributed by atoms with Gasteiger partial charge in [0.1, 0.15) is 11.6 Å². The van der Waals surface area contributed by atoms with Crippen molar-refractivity contribution in [1.29, 1.82) is 0 Å². The molecule has 16 nitrogen and oxygen atoms in total. The number of pyridine rings is 1. The van der Waals surface area contributed by atoms with Crippen LogP contribution in [0.1, 0.15) is 92.7 Å². The Balaban J connectivity index is 0.678. The maximum Gasteiger partial charge on any atom is 0.354 e. The number of amides is 4. The number of carbonyl (C=O) groups is 5. The van der Waals surface area contributed by atoms with Gasteiger partial charge in [-0.15, -0.1) is 0 Å². The molecule has 69 heavy (non-hydrogen) atoms. The Bertz CT molecular complexity index is 3090. The van der Waals surface area contributed by atoms with Gasteiger partial charge in [-0.2, -0.15) is 5.10 Å². The summed E-state index contributed by atoms with van der Waals surface area (Å²) in [7, 11) is 1.80. The number of fused-ring (bicyclic) bond motifs is 3. The summed E-state index contributed by atoms with van der Waals surface area (Å²) in [5.74, 6) is -0.847. The lowest BCUT2D eigenvalue weighted by molar-refractivity contribution is -0.134. The number of para-hydroxylation sites is 1. The third-order valence-electron chi connectivity index (χ3n) is 13.4. The van der Waals surface area contributed by atoms with Crippen molar-refractivity contribution in [2.45, 2.75) is 63.3 Å². The zero-order chi connectivity index (χ0) is 47.6. The maximum absolute atomic E-state index is 13.5. The fourth-order valence-electron chi connectivity index (χ4n) is 9.81. The highest BCUT2D eigenvalue weighted by molar-refractivity contribution is 7.22. The lowest BCUT2D eigenvalue weighted by Crippen LogP contribution is -2.39. The van der Waals surface area contributed by atoms with Crippen LogP contribution in [-0.2, 0) is 40.8 Å². The number of nitrogens with zero attached hydrogens (tertiary/aromatic N) is 6. The molecule has 4 amide bonds. The number of carboxylic acids is 1. The van der Waals surface area contributed by atoms with Gasteiger partial charge < -0.3 is 20.1 Å². The van der Waals surface area contributed by atoms with Crippen LogP contribution in [0.25, 0.3) is 21.1 Å². The fraction of sp³-hybridized carbons (Fsp3) is 0.308. The topological polar surface area (TPSA) is 201 Å². The minimum absolute atomic E-state index is 0.0160. The summed E-state index contributed by atoms with van der Waals surface area (Å²) in [6.45, 7) is 3.32. The average molecular weight is 946 g/mol. The summed E-state index contributed by atoms with van der Waals surface area (Å²) in [5, 5.41) is 24.6. The first-order chi connectivity index (χ1) is 33.5. The van der Waals surface area contributed by atoms with E-state index in [0.717, 1.165) is 63.9 Å². The number of aryl methyl sites for hydroxylation is 2. The molecule has 17 heteroatoms. The average Bonchev–Trinajstić information content (AvgIpc) is 3.92. The highest BCUT2D eigenvalue weighted by Crippen LogP contribution is 2.34. The van der Waals surface area contributed by atoms with Crippen molar-refractivity contribution in [2.75, 3.05) is 48.3 Å². The second-order valence-corrected chi connectivity index (χ2v) is 18.9. The number of imide groups is 1. The van der Waals surface area contributed by atoms with Crippen LogP contribution in [0, 0.1) is 0 Å². The van der Waals surface area contributed by atoms with E-state index in [4.69, 9.17) is 4.74 Å². The molecule has 2 saturated heterocycles. The number of anilines is 3.